The Labute approximate surface area is 464 Å². The molecule has 8 aromatic rings. The van der Waals surface area contributed by atoms with Gasteiger partial charge in [0.15, 0.2) is 0 Å². The standard InChI is InChI=1S/C31H31NO2.C27H23N.C4H7BrO2.CH3O.CH4.Na/c1-22-7-11-24(12-8-22)32(25-13-9-23(2)10-14-25)26-15-16-28-27-5-3-4-6-29(27)31(17-19-33,18-20-34)30(28)21-26;1-19-7-11-23(12-8-19)28(24-13-9-20(2)10-14-24)25-15-16-27-22(18-25)17-21-5-3-4-6-26(21)27;1-4(6)7-3-2-5;1-2;;/h3-16,21,33-34H,17-20H2,1-2H3;3-16,18H,17H2,1-2H3;2-3H2,1H3;1H3;1H4;/q;;;-1;;+1. The molecule has 9 heteroatoms. The van der Waals surface area contributed by atoms with E-state index in [1.165, 1.54) is 90.7 Å². The number of fused-ring (bicyclic) bond motifs is 6. The third-order valence-electron chi connectivity index (χ3n) is 13.2. The molecule has 2 aliphatic rings. The molecule has 0 unspecified atom stereocenters. The van der Waals surface area contributed by atoms with Crippen LogP contribution in [0.15, 0.2) is 182 Å². The smallest absolute Gasteiger partial charge is 0.857 e. The minimum absolute atomic E-state index is 0. The fourth-order valence-electron chi connectivity index (χ4n) is 9.75. The number of carbonyl (C=O) groups is 1. The first-order chi connectivity index (χ1) is 34.5. The maximum absolute atomic E-state index is 10.1. The van der Waals surface area contributed by atoms with Gasteiger partial charge in [-0.15, -0.1) is 0 Å². The third-order valence-corrected chi connectivity index (χ3v) is 13.5. The molecule has 0 saturated carbocycles. The quantitative estimate of drug-likeness (QED) is 0.0715. The van der Waals surface area contributed by atoms with Gasteiger partial charge >= 0.3 is 35.5 Å². The van der Waals surface area contributed by atoms with Gasteiger partial charge in [0.1, 0.15) is 6.61 Å². The van der Waals surface area contributed by atoms with Gasteiger partial charge in [0.2, 0.25) is 0 Å². The molecule has 8 aromatic carbocycles. The van der Waals surface area contributed by atoms with E-state index in [2.05, 4.69) is 240 Å². The van der Waals surface area contributed by atoms with Gasteiger partial charge < -0.3 is 29.9 Å². The van der Waals surface area contributed by atoms with Crippen LogP contribution in [0, 0.1) is 27.7 Å². The van der Waals surface area contributed by atoms with Crippen molar-refractivity contribution in [3.8, 4) is 22.3 Å². The van der Waals surface area contributed by atoms with Gasteiger partial charge in [-0.05, 0) is 164 Å². The van der Waals surface area contributed by atoms with Gasteiger partial charge in [-0.3, -0.25) is 4.79 Å². The van der Waals surface area contributed by atoms with Crippen molar-refractivity contribution >= 4 is 56.0 Å². The fraction of sp³-hybridized carbons (Fsp3) is 0.234. The number of hydrogen-bond acceptors (Lipinski definition) is 7. The Kier molecular flexibility index (Phi) is 21.9. The molecule has 0 heterocycles. The molecular formula is C64H68BrN2NaO5. The Morgan fingerprint density at radius 3 is 1.32 bits per heavy atom. The van der Waals surface area contributed by atoms with E-state index < -0.39 is 5.41 Å². The van der Waals surface area contributed by atoms with Crippen molar-refractivity contribution in [3.63, 3.8) is 0 Å². The molecule has 0 amide bonds. The van der Waals surface area contributed by atoms with Gasteiger partial charge in [-0.2, -0.15) is 7.11 Å². The first-order valence-electron chi connectivity index (χ1n) is 24.2. The van der Waals surface area contributed by atoms with Gasteiger partial charge in [-0.1, -0.05) is 155 Å². The average Bonchev–Trinajstić information content (AvgIpc) is 3.89. The van der Waals surface area contributed by atoms with Crippen LogP contribution in [0.3, 0.4) is 0 Å². The molecular weight excluding hydrogens is 980 g/mol. The van der Waals surface area contributed by atoms with Crippen molar-refractivity contribution in [1.82, 2.24) is 0 Å². The summed E-state index contributed by atoms with van der Waals surface area (Å²) in [5, 5.41) is 29.1. The van der Waals surface area contributed by atoms with Crippen LogP contribution >= 0.6 is 15.9 Å². The van der Waals surface area contributed by atoms with Crippen LogP contribution in [0.5, 0.6) is 0 Å². The summed E-state index contributed by atoms with van der Waals surface area (Å²) in [6, 6.07) is 65.5. The molecule has 7 nitrogen and oxygen atoms in total. The SMILES string of the molecule is C.CC(=O)OCCBr.C[O-].Cc1ccc(N(c2ccc(C)cc2)c2ccc3c(c2)C(CCO)(CCO)c2ccccc2-3)cc1.Cc1ccc(N(c2ccc(C)cc2)c2ccc3c(c2)Cc2ccccc2-3)cc1.[Na+]. The number of nitrogens with zero attached hydrogens (tertiary/aromatic N) is 2. The number of esters is 1. The molecule has 2 aliphatic carbocycles. The molecule has 0 bridgehead atoms. The summed E-state index contributed by atoms with van der Waals surface area (Å²) in [6.07, 6.45) is 2.17. The molecule has 73 heavy (non-hydrogen) atoms. The molecule has 0 saturated heterocycles. The number of anilines is 6. The van der Waals surface area contributed by atoms with Crippen LogP contribution in [0.2, 0.25) is 0 Å². The molecule has 0 fully saturated rings. The normalized spacial score (nSPS) is 11.6. The van der Waals surface area contributed by atoms with Crippen LogP contribution in [-0.4, -0.2) is 48.4 Å². The van der Waals surface area contributed by atoms with Crippen LogP contribution in [-0.2, 0) is 21.4 Å². The molecule has 0 atom stereocenters. The second kappa shape index (κ2) is 27.5. The van der Waals surface area contributed by atoms with Crippen LogP contribution in [0.1, 0.15) is 71.7 Å². The van der Waals surface area contributed by atoms with E-state index in [1.54, 1.807) is 0 Å². The van der Waals surface area contributed by atoms with Crippen molar-refractivity contribution in [3.05, 3.63) is 226 Å². The number of hydrogen-bond donors (Lipinski definition) is 2. The summed E-state index contributed by atoms with van der Waals surface area (Å²) in [6.45, 7) is 10.5. The second-order valence-electron chi connectivity index (χ2n) is 18.0. The molecule has 0 aliphatic heterocycles. The van der Waals surface area contributed by atoms with Crippen molar-refractivity contribution in [2.24, 2.45) is 0 Å². The van der Waals surface area contributed by atoms with E-state index >= 15 is 0 Å². The number of carbonyl (C=O) groups excluding carboxylic acids is 1. The summed E-state index contributed by atoms with van der Waals surface area (Å²) in [5.41, 5.74) is 21.8. The Bertz CT molecular complexity index is 2920. The van der Waals surface area contributed by atoms with Crippen molar-refractivity contribution in [2.45, 2.75) is 66.7 Å². The predicted molar refractivity (Wildman–Crippen MR) is 302 cm³/mol. The zero-order valence-electron chi connectivity index (χ0n) is 42.7. The van der Waals surface area contributed by atoms with E-state index in [9.17, 15) is 15.0 Å². The zero-order chi connectivity index (χ0) is 50.5. The van der Waals surface area contributed by atoms with Crippen LogP contribution in [0.4, 0.5) is 34.1 Å². The summed E-state index contributed by atoms with van der Waals surface area (Å²) in [4.78, 5) is 14.6. The predicted octanol–water partition coefficient (Wildman–Crippen LogP) is 11.7. The third kappa shape index (κ3) is 13.5. The number of alkyl halides is 1. The Morgan fingerprint density at radius 1 is 0.521 bits per heavy atom. The Balaban J connectivity index is 0.000000230. The maximum atomic E-state index is 10.1. The first-order valence-corrected chi connectivity index (χ1v) is 25.3. The van der Waals surface area contributed by atoms with Gasteiger partial charge in [-0.25, -0.2) is 0 Å². The zero-order valence-corrected chi connectivity index (χ0v) is 46.2. The second-order valence-corrected chi connectivity index (χ2v) is 18.8. The number of aryl methyl sites for hydroxylation is 4. The molecule has 10 rings (SSSR count). The Hall–Kier alpha value is -5.81. The van der Waals surface area contributed by atoms with Crippen LogP contribution < -0.4 is 44.5 Å². The summed E-state index contributed by atoms with van der Waals surface area (Å²) >= 11 is 3.10. The minimum atomic E-state index is -0.405. The number of aliphatic hydroxyl groups is 2. The largest absolute Gasteiger partial charge is 1.00 e. The van der Waals surface area contributed by atoms with E-state index in [1.807, 2.05) is 0 Å². The average molecular weight is 1050 g/mol. The number of aliphatic hydroxyl groups excluding tert-OH is 2. The Morgan fingerprint density at radius 2 is 0.890 bits per heavy atom. The monoisotopic (exact) mass is 1050 g/mol. The topological polar surface area (TPSA) is 96.3 Å². The van der Waals surface area contributed by atoms with E-state index in [4.69, 9.17) is 5.11 Å². The molecule has 0 radical (unpaired) electrons. The fourth-order valence-corrected chi connectivity index (χ4v) is 9.91. The number of halogens is 1. The first kappa shape index (κ1) is 58.1. The van der Waals surface area contributed by atoms with E-state index in [0.29, 0.717) is 24.8 Å². The number of ether oxygens (including phenoxy) is 1. The van der Waals surface area contributed by atoms with Crippen molar-refractivity contribution < 1.29 is 54.4 Å². The number of benzene rings is 8. The molecule has 372 valence electrons. The van der Waals surface area contributed by atoms with Gasteiger partial charge in [0, 0.05) is 65.0 Å². The van der Waals surface area contributed by atoms with Crippen molar-refractivity contribution in [2.75, 3.05) is 42.1 Å². The molecule has 0 aromatic heterocycles. The molecule has 2 N–H and O–H groups in total. The van der Waals surface area contributed by atoms with E-state index in [0.717, 1.165) is 30.6 Å². The summed E-state index contributed by atoms with van der Waals surface area (Å²) in [7, 11) is 0.750. The molecule has 0 spiro atoms. The number of rotatable bonds is 12. The van der Waals surface area contributed by atoms with Crippen molar-refractivity contribution in [1.29, 1.82) is 0 Å². The maximum Gasteiger partial charge on any atom is 1.00 e. The summed E-state index contributed by atoms with van der Waals surface area (Å²) in [5.74, 6) is -0.223. The summed E-state index contributed by atoms with van der Waals surface area (Å²) < 4.78 is 4.51. The van der Waals surface area contributed by atoms with Gasteiger partial charge in [0.05, 0.1) is 0 Å². The minimum Gasteiger partial charge on any atom is -0.857 e. The van der Waals surface area contributed by atoms with Crippen LogP contribution in [0.25, 0.3) is 22.3 Å². The van der Waals surface area contributed by atoms with Gasteiger partial charge in [0.25, 0.3) is 0 Å². The van der Waals surface area contributed by atoms with E-state index in [-0.39, 0.29) is 56.2 Å².